The normalized spacial score (nSPS) is 52.3. The van der Waals surface area contributed by atoms with E-state index in [2.05, 4.69) is 0 Å². The van der Waals surface area contributed by atoms with Crippen molar-refractivity contribution in [3.63, 3.8) is 0 Å². The Balaban J connectivity index is 1.90. The highest BCUT2D eigenvalue weighted by Crippen LogP contribution is 2.64. The number of hydrogen-bond donors (Lipinski definition) is 1. The van der Waals surface area contributed by atoms with Gasteiger partial charge in [0.2, 0.25) is 0 Å². The van der Waals surface area contributed by atoms with E-state index in [1.165, 1.54) is 14.2 Å². The summed E-state index contributed by atoms with van der Waals surface area (Å²) in [6, 6.07) is 0. The Morgan fingerprint density at radius 2 is 1.42 bits per heavy atom. The number of aliphatic hydroxyl groups is 1. The Bertz CT molecular complexity index is 433. The third kappa shape index (κ3) is 0.999. The van der Waals surface area contributed by atoms with Crippen molar-refractivity contribution in [1.29, 1.82) is 0 Å². The molecule has 7 atom stereocenters. The van der Waals surface area contributed by atoms with E-state index in [0.29, 0.717) is 0 Å². The van der Waals surface area contributed by atoms with E-state index >= 15 is 0 Å². The van der Waals surface area contributed by atoms with Crippen molar-refractivity contribution in [1.82, 2.24) is 0 Å². The van der Waals surface area contributed by atoms with Crippen LogP contribution in [0.15, 0.2) is 0 Å². The molecular formula is C12H14O7. The first-order valence-corrected chi connectivity index (χ1v) is 6.26. The largest absolute Gasteiger partial charge is 0.459 e. The highest BCUT2D eigenvalue weighted by Gasteiger charge is 2.81. The molecule has 7 heteroatoms. The molecule has 2 aliphatic heterocycles. The summed E-state index contributed by atoms with van der Waals surface area (Å²) in [5.74, 6) is -4.23. The maximum Gasteiger partial charge on any atom is 0.315 e. The van der Waals surface area contributed by atoms with Gasteiger partial charge in [0.05, 0.1) is 0 Å². The Morgan fingerprint density at radius 1 is 1.00 bits per heavy atom. The lowest BCUT2D eigenvalue weighted by Crippen LogP contribution is -2.49. The van der Waals surface area contributed by atoms with Gasteiger partial charge in [0.15, 0.2) is 5.79 Å². The van der Waals surface area contributed by atoms with Crippen LogP contribution in [0.3, 0.4) is 0 Å². The molecule has 1 unspecified atom stereocenters. The topological polar surface area (TPSA) is 91.3 Å². The average molecular weight is 270 g/mol. The van der Waals surface area contributed by atoms with E-state index in [4.69, 9.17) is 18.9 Å². The number of carbonyl (C=O) groups excluding carboxylic acids is 2. The van der Waals surface area contributed by atoms with E-state index in [9.17, 15) is 14.7 Å². The van der Waals surface area contributed by atoms with Gasteiger partial charge in [-0.1, -0.05) is 0 Å². The van der Waals surface area contributed by atoms with Crippen LogP contribution in [0.1, 0.15) is 0 Å². The van der Waals surface area contributed by atoms with Crippen molar-refractivity contribution >= 4 is 11.9 Å². The van der Waals surface area contributed by atoms with Gasteiger partial charge in [0.25, 0.3) is 0 Å². The molecule has 104 valence electrons. The van der Waals surface area contributed by atoms with Crippen LogP contribution in [0.25, 0.3) is 0 Å². The van der Waals surface area contributed by atoms with Crippen molar-refractivity contribution in [2.24, 2.45) is 23.7 Å². The molecule has 0 aromatic carbocycles. The van der Waals surface area contributed by atoms with Gasteiger partial charge in [-0.15, -0.1) is 0 Å². The SMILES string of the molecule is COC1(OC)[C@@H]2C(=O)O[C@@H]3C(O)[C@@H]4OC(=O)[C@H]1[C@@H]4[C@@H]32. The smallest absolute Gasteiger partial charge is 0.315 e. The first kappa shape index (κ1) is 11.6. The predicted octanol–water partition coefficient (Wildman–Crippen LogP) is -1.32. The zero-order valence-electron chi connectivity index (χ0n) is 10.4. The lowest BCUT2D eigenvalue weighted by atomic mass is 9.91. The number of rotatable bonds is 2. The van der Waals surface area contributed by atoms with E-state index in [-0.39, 0.29) is 11.8 Å². The second-order valence-corrected chi connectivity index (χ2v) is 5.53. The van der Waals surface area contributed by atoms with Crippen LogP contribution in [0.5, 0.6) is 0 Å². The second kappa shape index (κ2) is 3.28. The van der Waals surface area contributed by atoms with Gasteiger partial charge in [0, 0.05) is 26.1 Å². The molecule has 2 saturated heterocycles. The summed E-state index contributed by atoms with van der Waals surface area (Å²) >= 11 is 0. The molecule has 4 fully saturated rings. The highest BCUT2D eigenvalue weighted by molar-refractivity contribution is 5.85. The van der Waals surface area contributed by atoms with Crippen LogP contribution >= 0.6 is 0 Å². The Kier molecular flexibility index (Phi) is 2.01. The van der Waals surface area contributed by atoms with Crippen LogP contribution in [0.4, 0.5) is 0 Å². The van der Waals surface area contributed by atoms with Crippen molar-refractivity contribution in [2.45, 2.75) is 24.1 Å². The molecule has 1 N–H and O–H groups in total. The maximum atomic E-state index is 12.1. The minimum absolute atomic E-state index is 0.288. The Morgan fingerprint density at radius 3 is 1.79 bits per heavy atom. The number of ether oxygens (including phenoxy) is 4. The fraction of sp³-hybridized carbons (Fsp3) is 0.833. The van der Waals surface area contributed by atoms with Crippen LogP contribution < -0.4 is 0 Å². The van der Waals surface area contributed by atoms with Crippen LogP contribution in [0.2, 0.25) is 0 Å². The van der Waals surface area contributed by atoms with Crippen LogP contribution in [0, 0.1) is 23.7 Å². The van der Waals surface area contributed by atoms with Crippen LogP contribution in [-0.4, -0.2) is 55.4 Å². The fourth-order valence-corrected chi connectivity index (χ4v) is 4.58. The fourth-order valence-electron chi connectivity index (χ4n) is 4.58. The molecule has 2 heterocycles. The summed E-state index contributed by atoms with van der Waals surface area (Å²) in [6.07, 6.45) is -2.21. The number of hydrogen-bond acceptors (Lipinski definition) is 7. The van der Waals surface area contributed by atoms with Gasteiger partial charge in [0.1, 0.15) is 30.1 Å². The summed E-state index contributed by atoms with van der Waals surface area (Å²) in [5, 5.41) is 10.1. The molecule has 0 aromatic heterocycles. The molecule has 0 amide bonds. The molecule has 0 aromatic rings. The quantitative estimate of drug-likeness (QED) is 0.491. The Hall–Kier alpha value is -1.18. The van der Waals surface area contributed by atoms with Crippen molar-refractivity contribution in [2.75, 3.05) is 14.2 Å². The minimum Gasteiger partial charge on any atom is -0.459 e. The first-order chi connectivity index (χ1) is 9.06. The molecule has 0 radical (unpaired) electrons. The standard InChI is InChI=1S/C12H14O7/c1-16-12(17-2)5-3-4-6(12)11(15)19-9(4)7(13)8(3)18-10(5)14/h3-9,13H,1-2H3/t3-,4+,5+,6-,7?,8+,9-. The molecule has 0 bridgehead atoms. The number of aliphatic hydroxyl groups excluding tert-OH is 1. The monoisotopic (exact) mass is 270 g/mol. The molecule has 19 heavy (non-hydrogen) atoms. The van der Waals surface area contributed by atoms with Gasteiger partial charge in [-0.05, 0) is 0 Å². The predicted molar refractivity (Wildman–Crippen MR) is 56.5 cm³/mol. The molecule has 2 saturated carbocycles. The zero-order chi connectivity index (χ0) is 13.5. The van der Waals surface area contributed by atoms with Crippen LogP contribution in [-0.2, 0) is 28.5 Å². The average Bonchev–Trinajstić information content (AvgIpc) is 3.05. The molecule has 4 aliphatic rings. The minimum atomic E-state index is -1.34. The number of esters is 2. The van der Waals surface area contributed by atoms with E-state index in [1.807, 2.05) is 0 Å². The van der Waals surface area contributed by atoms with Gasteiger partial charge in [-0.2, -0.15) is 0 Å². The second-order valence-electron chi connectivity index (χ2n) is 5.53. The summed E-state index contributed by atoms with van der Waals surface area (Å²) in [6.45, 7) is 0. The summed E-state index contributed by atoms with van der Waals surface area (Å²) < 4.78 is 21.3. The summed E-state index contributed by atoms with van der Waals surface area (Å²) in [4.78, 5) is 24.1. The third-order valence-corrected chi connectivity index (χ3v) is 5.16. The van der Waals surface area contributed by atoms with Crippen molar-refractivity contribution in [3.8, 4) is 0 Å². The zero-order valence-corrected chi connectivity index (χ0v) is 10.4. The molecule has 4 rings (SSSR count). The lowest BCUT2D eigenvalue weighted by molar-refractivity contribution is -0.250. The third-order valence-electron chi connectivity index (χ3n) is 5.16. The van der Waals surface area contributed by atoms with Gasteiger partial charge in [-0.3, -0.25) is 9.59 Å². The summed E-state index contributed by atoms with van der Waals surface area (Å²) in [7, 11) is 2.81. The Labute approximate surface area is 108 Å². The molecule has 7 nitrogen and oxygen atoms in total. The molecule has 2 aliphatic carbocycles. The van der Waals surface area contributed by atoms with E-state index < -0.39 is 47.9 Å². The molecule has 0 spiro atoms. The highest BCUT2D eigenvalue weighted by atomic mass is 16.7. The molecular weight excluding hydrogens is 256 g/mol. The van der Waals surface area contributed by atoms with Crippen molar-refractivity contribution in [3.05, 3.63) is 0 Å². The lowest BCUT2D eigenvalue weighted by Gasteiger charge is -2.33. The number of methoxy groups -OCH3 is 2. The maximum absolute atomic E-state index is 12.1. The van der Waals surface area contributed by atoms with Gasteiger partial charge < -0.3 is 24.1 Å². The summed E-state index contributed by atoms with van der Waals surface area (Å²) in [5.41, 5.74) is 0. The van der Waals surface area contributed by atoms with E-state index in [0.717, 1.165) is 0 Å². The van der Waals surface area contributed by atoms with E-state index in [1.54, 1.807) is 0 Å². The first-order valence-electron chi connectivity index (χ1n) is 6.26. The van der Waals surface area contributed by atoms with Gasteiger partial charge >= 0.3 is 11.9 Å². The van der Waals surface area contributed by atoms with Crippen molar-refractivity contribution < 1.29 is 33.6 Å². The number of carbonyl (C=O) groups is 2. The van der Waals surface area contributed by atoms with Gasteiger partial charge in [-0.25, -0.2) is 0 Å².